The third-order valence-corrected chi connectivity index (χ3v) is 11.3. The zero-order valence-electron chi connectivity index (χ0n) is 20.8. The monoisotopic (exact) mass is 468 g/mol. The molecule has 0 aromatic heterocycles. The Labute approximate surface area is 201 Å². The van der Waals surface area contributed by atoms with E-state index in [1.54, 1.807) is 13.8 Å². The lowest BCUT2D eigenvalue weighted by molar-refractivity contribution is -0.270. The Bertz CT molecular complexity index is 1100. The van der Waals surface area contributed by atoms with Crippen molar-refractivity contribution in [3.05, 3.63) is 34.9 Å². The number of hydrogen-bond donors (Lipinski definition) is 2. The van der Waals surface area contributed by atoms with Crippen LogP contribution in [0.2, 0.25) is 0 Å². The lowest BCUT2D eigenvalue weighted by atomic mass is 9.45. The minimum atomic E-state index is -1.64. The summed E-state index contributed by atoms with van der Waals surface area (Å²) in [6.07, 6.45) is 8.68. The molecule has 6 rings (SSSR count). The van der Waals surface area contributed by atoms with Crippen LogP contribution in [0.25, 0.3) is 0 Å². The lowest BCUT2D eigenvalue weighted by Crippen LogP contribution is -2.71. The molecule has 0 radical (unpaired) electrons. The van der Waals surface area contributed by atoms with Crippen LogP contribution < -0.4 is 0 Å². The van der Waals surface area contributed by atoms with Crippen molar-refractivity contribution in [3.63, 3.8) is 0 Å². The number of carbonyl (C=O) groups excluding carboxylic acids is 2. The molecule has 34 heavy (non-hydrogen) atoms. The van der Waals surface area contributed by atoms with Gasteiger partial charge in [0.05, 0.1) is 11.5 Å². The molecule has 3 fully saturated rings. The second kappa shape index (κ2) is 6.51. The maximum Gasteiger partial charge on any atom is 0.334 e. The first-order valence-corrected chi connectivity index (χ1v) is 12.7. The highest BCUT2D eigenvalue weighted by atomic mass is 16.6. The Balaban J connectivity index is 1.39. The van der Waals surface area contributed by atoms with Crippen molar-refractivity contribution >= 4 is 11.8 Å². The third kappa shape index (κ3) is 2.29. The van der Waals surface area contributed by atoms with E-state index in [-0.39, 0.29) is 23.7 Å². The number of ketones is 1. The SMILES string of the molecule is CC1=C(C)C(=O)O[C@@H]([C@](C)(O)[C@]2(O)C[C@@H]3O[C@@]34[C@@H]3CC=C5C=CCC(=O)[C@]5(C)[C@H]3CC[C@@]42C)C1. The van der Waals surface area contributed by atoms with Crippen molar-refractivity contribution in [3.8, 4) is 0 Å². The van der Waals surface area contributed by atoms with Crippen molar-refractivity contribution in [2.45, 2.75) is 102 Å². The van der Waals surface area contributed by atoms with Crippen molar-refractivity contribution in [2.24, 2.45) is 22.7 Å². The summed E-state index contributed by atoms with van der Waals surface area (Å²) in [7, 11) is 0. The van der Waals surface area contributed by atoms with Crippen LogP contribution in [0.1, 0.15) is 73.1 Å². The van der Waals surface area contributed by atoms with Crippen LogP contribution in [0.4, 0.5) is 0 Å². The number of Topliss-reactive ketones (excluding diaryl/α,β-unsaturated/α-hetero) is 1. The van der Waals surface area contributed by atoms with Gasteiger partial charge in [-0.15, -0.1) is 0 Å². The molecular weight excluding hydrogens is 432 g/mol. The summed E-state index contributed by atoms with van der Waals surface area (Å²) in [5.74, 6) is 0.0845. The molecule has 0 aromatic carbocycles. The van der Waals surface area contributed by atoms with E-state index >= 15 is 0 Å². The van der Waals surface area contributed by atoms with E-state index in [1.165, 1.54) is 0 Å². The summed E-state index contributed by atoms with van der Waals surface area (Å²) in [4.78, 5) is 25.7. The van der Waals surface area contributed by atoms with Crippen LogP contribution in [0.15, 0.2) is 34.9 Å². The molecule has 0 aromatic rings. The van der Waals surface area contributed by atoms with Crippen molar-refractivity contribution in [2.75, 3.05) is 0 Å². The first-order valence-electron chi connectivity index (χ1n) is 12.7. The average molecular weight is 469 g/mol. The van der Waals surface area contributed by atoms with Crippen LogP contribution in [0.3, 0.4) is 0 Å². The molecule has 1 spiro atoms. The van der Waals surface area contributed by atoms with Gasteiger partial charge in [0.25, 0.3) is 0 Å². The number of carbonyl (C=O) groups is 2. The van der Waals surface area contributed by atoms with E-state index in [0.717, 1.165) is 24.0 Å². The van der Waals surface area contributed by atoms with Crippen LogP contribution in [-0.4, -0.2) is 51.0 Å². The number of epoxide rings is 1. The minimum absolute atomic E-state index is 0.100. The number of fused-ring (bicyclic) bond motifs is 3. The normalized spacial score (nSPS) is 51.0. The van der Waals surface area contributed by atoms with Gasteiger partial charge in [0.15, 0.2) is 0 Å². The van der Waals surface area contributed by atoms with E-state index in [9.17, 15) is 19.8 Å². The minimum Gasteiger partial charge on any atom is -0.455 e. The van der Waals surface area contributed by atoms with Crippen LogP contribution in [0, 0.1) is 22.7 Å². The molecule has 2 heterocycles. The standard InChI is InChI=1S/C28H36O6/c1-15-13-21(33-23(30)16(15)2)26(5,31)27(32)14-22-28(34-22)19-10-9-17-7-6-8-20(29)25(17,4)18(19)11-12-24(27,28)3/h6-7,9,18-19,21-22,31-32H,8,10-14H2,1-5H3/t18-,19+,21+,22-,24+,25-,26-,27-,28-/m0/s1. The number of ether oxygens (including phenoxy) is 2. The van der Waals surface area contributed by atoms with Gasteiger partial charge >= 0.3 is 5.97 Å². The predicted molar refractivity (Wildman–Crippen MR) is 125 cm³/mol. The van der Waals surface area contributed by atoms with Gasteiger partial charge in [0, 0.05) is 30.3 Å². The summed E-state index contributed by atoms with van der Waals surface area (Å²) in [6, 6.07) is 0. The van der Waals surface area contributed by atoms with Gasteiger partial charge in [-0.05, 0) is 64.4 Å². The molecule has 6 nitrogen and oxygen atoms in total. The molecular formula is C28H36O6. The maximum absolute atomic E-state index is 13.2. The predicted octanol–water partition coefficient (Wildman–Crippen LogP) is 3.56. The fraction of sp³-hybridized carbons (Fsp3) is 0.714. The summed E-state index contributed by atoms with van der Waals surface area (Å²) >= 11 is 0. The van der Waals surface area contributed by atoms with Gasteiger partial charge in [-0.3, -0.25) is 4.79 Å². The molecule has 4 aliphatic carbocycles. The highest BCUT2D eigenvalue weighted by Gasteiger charge is 2.87. The van der Waals surface area contributed by atoms with Gasteiger partial charge in [-0.2, -0.15) is 0 Å². The molecule has 9 atom stereocenters. The molecule has 0 bridgehead atoms. The smallest absolute Gasteiger partial charge is 0.334 e. The summed E-state index contributed by atoms with van der Waals surface area (Å²) < 4.78 is 12.1. The van der Waals surface area contributed by atoms with Crippen LogP contribution >= 0.6 is 0 Å². The Hall–Kier alpha value is -1.76. The molecule has 6 heteroatoms. The van der Waals surface area contributed by atoms with Crippen LogP contribution in [-0.2, 0) is 19.1 Å². The Morgan fingerprint density at radius 3 is 2.62 bits per heavy atom. The largest absolute Gasteiger partial charge is 0.455 e. The van der Waals surface area contributed by atoms with Crippen molar-refractivity contribution in [1.82, 2.24) is 0 Å². The summed E-state index contributed by atoms with van der Waals surface area (Å²) in [5.41, 5.74) is -2.37. The molecule has 6 aliphatic rings. The number of cyclic esters (lactones) is 1. The topological polar surface area (TPSA) is 96.4 Å². The molecule has 2 N–H and O–H groups in total. The molecule has 2 saturated carbocycles. The second-order valence-corrected chi connectivity index (χ2v) is 12.3. The van der Waals surface area contributed by atoms with Gasteiger partial charge < -0.3 is 19.7 Å². The second-order valence-electron chi connectivity index (χ2n) is 12.3. The Kier molecular flexibility index (Phi) is 4.34. The van der Waals surface area contributed by atoms with Gasteiger partial charge in [-0.25, -0.2) is 4.79 Å². The van der Waals surface area contributed by atoms with Crippen molar-refractivity contribution in [1.29, 1.82) is 0 Å². The molecule has 184 valence electrons. The van der Waals surface area contributed by atoms with E-state index in [0.29, 0.717) is 31.3 Å². The lowest BCUT2D eigenvalue weighted by Gasteiger charge is -2.60. The zero-order chi connectivity index (χ0) is 24.5. The van der Waals surface area contributed by atoms with E-state index in [2.05, 4.69) is 19.1 Å². The Morgan fingerprint density at radius 1 is 1.18 bits per heavy atom. The van der Waals surface area contributed by atoms with Gasteiger partial charge in [-0.1, -0.05) is 30.7 Å². The third-order valence-electron chi connectivity index (χ3n) is 11.3. The first-order chi connectivity index (χ1) is 15.8. The summed E-state index contributed by atoms with van der Waals surface area (Å²) in [5, 5.41) is 24.3. The highest BCUT2D eigenvalue weighted by Crippen LogP contribution is 2.78. The summed E-state index contributed by atoms with van der Waals surface area (Å²) in [6.45, 7) is 9.39. The number of aliphatic hydroxyl groups is 2. The average Bonchev–Trinajstić information content (AvgIpc) is 3.44. The zero-order valence-corrected chi connectivity index (χ0v) is 20.8. The fourth-order valence-corrected chi connectivity index (χ4v) is 8.81. The Morgan fingerprint density at radius 2 is 1.91 bits per heavy atom. The molecule has 0 unspecified atom stereocenters. The molecule has 1 saturated heterocycles. The van der Waals surface area contributed by atoms with E-state index in [4.69, 9.17) is 9.47 Å². The maximum atomic E-state index is 13.2. The highest BCUT2D eigenvalue weighted by molar-refractivity contribution is 5.92. The number of hydrogen-bond acceptors (Lipinski definition) is 6. The number of esters is 1. The van der Waals surface area contributed by atoms with E-state index < -0.39 is 39.7 Å². The van der Waals surface area contributed by atoms with Crippen LogP contribution in [0.5, 0.6) is 0 Å². The number of allylic oxidation sites excluding steroid dienone is 4. The number of rotatable bonds is 2. The fourth-order valence-electron chi connectivity index (χ4n) is 8.81. The van der Waals surface area contributed by atoms with Gasteiger partial charge in [0.2, 0.25) is 0 Å². The quantitative estimate of drug-likeness (QED) is 0.475. The van der Waals surface area contributed by atoms with Crippen molar-refractivity contribution < 1.29 is 29.3 Å². The molecule has 2 aliphatic heterocycles. The first kappa shape index (κ1) is 22.7. The van der Waals surface area contributed by atoms with Gasteiger partial charge in [0.1, 0.15) is 28.7 Å². The molecule has 0 amide bonds. The van der Waals surface area contributed by atoms with E-state index in [1.807, 2.05) is 19.9 Å².